The second-order valence-corrected chi connectivity index (χ2v) is 4.05. The summed E-state index contributed by atoms with van der Waals surface area (Å²) in [5.41, 5.74) is 8.24. The Hall–Kier alpha value is -2.57. The zero-order valence-corrected chi connectivity index (χ0v) is 9.45. The van der Waals surface area contributed by atoms with E-state index in [1.807, 2.05) is 29.2 Å². The zero-order valence-electron chi connectivity index (χ0n) is 9.45. The molecule has 1 aliphatic heterocycles. The van der Waals surface area contributed by atoms with Crippen molar-refractivity contribution in [2.45, 2.75) is 13.1 Å². The number of oxime groups is 1. The number of nitrogens with zero attached hydrogens (tertiary/aromatic N) is 4. The lowest BCUT2D eigenvalue weighted by Crippen LogP contribution is -2.27. The molecule has 7 heteroatoms. The Bertz CT molecular complexity index is 582. The fourth-order valence-corrected chi connectivity index (χ4v) is 2.09. The number of rotatable bonds is 1. The molecule has 0 saturated heterocycles. The summed E-state index contributed by atoms with van der Waals surface area (Å²) in [5.74, 6) is 0.378. The van der Waals surface area contributed by atoms with Gasteiger partial charge in [0.05, 0.1) is 0 Å². The molecule has 0 unspecified atom stereocenters. The number of benzene rings is 1. The largest absolute Gasteiger partial charge is 0.409 e. The van der Waals surface area contributed by atoms with Crippen LogP contribution in [0.15, 0.2) is 34.1 Å². The maximum Gasteiger partial charge on any atom is 0.202 e. The fourth-order valence-electron chi connectivity index (χ4n) is 2.09. The van der Waals surface area contributed by atoms with Crippen LogP contribution in [0.3, 0.4) is 0 Å². The van der Waals surface area contributed by atoms with Crippen molar-refractivity contribution in [3.8, 4) is 0 Å². The van der Waals surface area contributed by atoms with Crippen LogP contribution in [0.1, 0.15) is 16.8 Å². The average molecular weight is 245 g/mol. The van der Waals surface area contributed by atoms with Crippen molar-refractivity contribution in [1.29, 1.82) is 0 Å². The van der Waals surface area contributed by atoms with Gasteiger partial charge in [0.15, 0.2) is 11.5 Å². The van der Waals surface area contributed by atoms with E-state index in [4.69, 9.17) is 10.9 Å². The number of amidine groups is 1. The minimum Gasteiger partial charge on any atom is -0.409 e. The molecule has 1 aliphatic rings. The Morgan fingerprint density at radius 1 is 1.28 bits per heavy atom. The second kappa shape index (κ2) is 4.02. The number of hydrogen-bond donors (Lipinski definition) is 2. The maximum absolute atomic E-state index is 9.14. The van der Waals surface area contributed by atoms with Crippen LogP contribution in [0.4, 0.5) is 5.82 Å². The molecule has 0 aliphatic carbocycles. The van der Waals surface area contributed by atoms with Gasteiger partial charge in [-0.2, -0.15) is 0 Å². The Morgan fingerprint density at radius 3 is 2.44 bits per heavy atom. The predicted octanol–water partition coefficient (Wildman–Crippen LogP) is 0.803. The molecule has 0 spiro atoms. The molecule has 0 saturated carbocycles. The molecule has 7 nitrogen and oxygen atoms in total. The van der Waals surface area contributed by atoms with Gasteiger partial charge in [0, 0.05) is 13.1 Å². The first-order chi connectivity index (χ1) is 8.79. The number of nitrogens with two attached hydrogens (primary N) is 1. The van der Waals surface area contributed by atoms with Crippen LogP contribution in [0.5, 0.6) is 0 Å². The van der Waals surface area contributed by atoms with E-state index >= 15 is 0 Å². The summed E-state index contributed by atoms with van der Waals surface area (Å²) in [6.07, 6.45) is 0. The van der Waals surface area contributed by atoms with Gasteiger partial charge in [-0.1, -0.05) is 29.4 Å². The summed E-state index contributed by atoms with van der Waals surface area (Å²) < 4.78 is 4.52. The van der Waals surface area contributed by atoms with Gasteiger partial charge in [0.25, 0.3) is 0 Å². The molecule has 92 valence electrons. The third-order valence-corrected chi connectivity index (χ3v) is 2.96. The van der Waals surface area contributed by atoms with E-state index in [0.29, 0.717) is 13.1 Å². The molecule has 0 radical (unpaired) electrons. The molecule has 1 aromatic heterocycles. The van der Waals surface area contributed by atoms with Crippen molar-refractivity contribution in [1.82, 2.24) is 15.2 Å². The fraction of sp³-hybridized carbons (Fsp3) is 0.182. The van der Waals surface area contributed by atoms with Gasteiger partial charge in [-0.15, -0.1) is 0 Å². The van der Waals surface area contributed by atoms with Crippen LogP contribution in [0.25, 0.3) is 0 Å². The van der Waals surface area contributed by atoms with Crippen LogP contribution in [0.2, 0.25) is 0 Å². The molecule has 0 amide bonds. The van der Waals surface area contributed by atoms with Crippen LogP contribution in [-0.2, 0) is 13.1 Å². The van der Waals surface area contributed by atoms with Gasteiger partial charge in [-0.05, 0) is 21.4 Å². The van der Waals surface area contributed by atoms with Gasteiger partial charge < -0.3 is 15.8 Å². The van der Waals surface area contributed by atoms with Crippen molar-refractivity contribution >= 4 is 11.7 Å². The van der Waals surface area contributed by atoms with Crippen LogP contribution in [0, 0.1) is 0 Å². The van der Waals surface area contributed by atoms with E-state index in [-0.39, 0.29) is 17.3 Å². The van der Waals surface area contributed by atoms with Crippen LogP contribution >= 0.6 is 0 Å². The van der Waals surface area contributed by atoms with Crippen molar-refractivity contribution in [3.63, 3.8) is 0 Å². The Morgan fingerprint density at radius 2 is 1.94 bits per heavy atom. The van der Waals surface area contributed by atoms with E-state index in [0.717, 1.165) is 0 Å². The highest BCUT2D eigenvalue weighted by molar-refractivity contribution is 6.00. The Balaban J connectivity index is 1.92. The summed E-state index contributed by atoms with van der Waals surface area (Å²) in [6, 6.07) is 8.03. The first kappa shape index (κ1) is 10.6. The van der Waals surface area contributed by atoms with Crippen LogP contribution in [-0.4, -0.2) is 26.3 Å². The molecule has 1 aromatic carbocycles. The van der Waals surface area contributed by atoms with Gasteiger partial charge in [-0.25, -0.2) is 4.63 Å². The SMILES string of the molecule is Nc1nonc1/C(=N/O)N1Cc2ccccc2C1. The van der Waals surface area contributed by atoms with E-state index in [1.54, 1.807) is 0 Å². The van der Waals surface area contributed by atoms with Gasteiger partial charge in [0.1, 0.15) is 0 Å². The maximum atomic E-state index is 9.14. The highest BCUT2D eigenvalue weighted by Crippen LogP contribution is 2.24. The Labute approximate surface area is 102 Å². The molecule has 18 heavy (non-hydrogen) atoms. The average Bonchev–Trinajstić information content (AvgIpc) is 2.97. The van der Waals surface area contributed by atoms with E-state index < -0.39 is 0 Å². The highest BCUT2D eigenvalue weighted by atomic mass is 16.6. The summed E-state index contributed by atoms with van der Waals surface area (Å²) >= 11 is 0. The number of nitrogen functional groups attached to an aromatic ring is 1. The lowest BCUT2D eigenvalue weighted by molar-refractivity contribution is 0.293. The standard InChI is InChI=1S/C11H11N5O2/c12-10-9(14-18-15-10)11(13-17)16-5-7-3-1-2-4-8(7)6-16/h1-4,17H,5-6H2,(H2,12,15)/b13-11-. The van der Waals surface area contributed by atoms with Gasteiger partial charge >= 0.3 is 0 Å². The second-order valence-electron chi connectivity index (χ2n) is 4.05. The van der Waals surface area contributed by atoms with Crippen molar-refractivity contribution < 1.29 is 9.84 Å². The molecule has 0 bridgehead atoms. The van der Waals surface area contributed by atoms with Crippen molar-refractivity contribution in [2.24, 2.45) is 5.16 Å². The molecule has 0 atom stereocenters. The van der Waals surface area contributed by atoms with E-state index in [9.17, 15) is 0 Å². The van der Waals surface area contributed by atoms with Gasteiger partial charge in [-0.3, -0.25) is 0 Å². The number of anilines is 1. The lowest BCUT2D eigenvalue weighted by atomic mass is 10.1. The van der Waals surface area contributed by atoms with Crippen molar-refractivity contribution in [3.05, 3.63) is 41.1 Å². The first-order valence-electron chi connectivity index (χ1n) is 5.42. The summed E-state index contributed by atoms with van der Waals surface area (Å²) in [7, 11) is 0. The number of hydrogen-bond acceptors (Lipinski definition) is 6. The summed E-state index contributed by atoms with van der Waals surface area (Å²) in [6.45, 7) is 1.28. The zero-order chi connectivity index (χ0) is 12.5. The normalized spacial score (nSPS) is 14.9. The highest BCUT2D eigenvalue weighted by Gasteiger charge is 2.26. The minimum absolute atomic E-state index is 0.110. The third-order valence-electron chi connectivity index (χ3n) is 2.96. The molecular weight excluding hydrogens is 234 g/mol. The smallest absolute Gasteiger partial charge is 0.202 e. The van der Waals surface area contributed by atoms with Crippen molar-refractivity contribution in [2.75, 3.05) is 5.73 Å². The quantitative estimate of drug-likeness (QED) is 0.333. The molecule has 0 fully saturated rings. The molecular formula is C11H11N5O2. The first-order valence-corrected chi connectivity index (χ1v) is 5.42. The summed E-state index contributed by atoms with van der Waals surface area (Å²) in [4.78, 5) is 1.86. The van der Waals surface area contributed by atoms with E-state index in [2.05, 4.69) is 20.1 Å². The monoisotopic (exact) mass is 245 g/mol. The minimum atomic E-state index is 0.110. The molecule has 3 N–H and O–H groups in total. The predicted molar refractivity (Wildman–Crippen MR) is 62.7 cm³/mol. The topological polar surface area (TPSA) is 101 Å². The van der Waals surface area contributed by atoms with Gasteiger partial charge in [0.2, 0.25) is 5.84 Å². The molecule has 2 aromatic rings. The number of fused-ring (bicyclic) bond motifs is 1. The molecule has 2 heterocycles. The molecule has 3 rings (SSSR count). The number of aromatic nitrogens is 2. The Kier molecular flexibility index (Phi) is 2.36. The van der Waals surface area contributed by atoms with E-state index in [1.165, 1.54) is 11.1 Å². The lowest BCUT2D eigenvalue weighted by Gasteiger charge is -2.16. The van der Waals surface area contributed by atoms with Crippen LogP contribution < -0.4 is 5.73 Å². The third kappa shape index (κ3) is 1.56. The summed E-state index contributed by atoms with van der Waals surface area (Å²) in [5, 5.41) is 19.5.